The van der Waals surface area contributed by atoms with Gasteiger partial charge < -0.3 is 30.2 Å². The highest BCUT2D eigenvalue weighted by molar-refractivity contribution is 5.96. The number of epoxide rings is 1. The highest BCUT2D eigenvalue weighted by Crippen LogP contribution is 2.30. The predicted octanol–water partition coefficient (Wildman–Crippen LogP) is 1.30. The van der Waals surface area contributed by atoms with Crippen LogP contribution in [0.25, 0.3) is 0 Å². The molecule has 3 amide bonds. The van der Waals surface area contributed by atoms with Crippen LogP contribution in [0.1, 0.15) is 51.5 Å². The second kappa shape index (κ2) is 14.1. The van der Waals surface area contributed by atoms with Gasteiger partial charge in [0.2, 0.25) is 17.7 Å². The first-order chi connectivity index (χ1) is 17.8. The number of methoxy groups -OCH3 is 1. The number of carbonyl (C=O) groups is 4. The zero-order valence-corrected chi connectivity index (χ0v) is 21.9. The molecule has 0 radical (unpaired) electrons. The van der Waals surface area contributed by atoms with Gasteiger partial charge in [-0.15, -0.1) is 0 Å². The molecular weight excluding hydrogens is 478 g/mol. The Morgan fingerprint density at radius 3 is 2.24 bits per heavy atom. The first-order valence-electron chi connectivity index (χ1n) is 13.1. The minimum atomic E-state index is -0.953. The number of rotatable bonds is 15. The van der Waals surface area contributed by atoms with Crippen molar-refractivity contribution in [2.75, 3.05) is 26.9 Å². The van der Waals surface area contributed by atoms with Crippen LogP contribution >= 0.6 is 0 Å². The minimum absolute atomic E-state index is 0.119. The van der Waals surface area contributed by atoms with Crippen LogP contribution < -0.4 is 20.7 Å². The second-order valence-electron chi connectivity index (χ2n) is 9.71. The number of carbonyl (C=O) groups excluding carboxylic acids is 4. The molecule has 3 N–H and O–H groups in total. The molecule has 1 heterocycles. The van der Waals surface area contributed by atoms with Crippen LogP contribution in [0.15, 0.2) is 24.3 Å². The molecule has 37 heavy (non-hydrogen) atoms. The number of ketones is 1. The number of amides is 3. The Hall–Kier alpha value is -2.98. The molecular formula is C27H39N3O7. The molecule has 0 aromatic heterocycles. The molecule has 204 valence electrons. The lowest BCUT2D eigenvalue weighted by Crippen LogP contribution is -2.56. The van der Waals surface area contributed by atoms with Crippen molar-refractivity contribution in [3.05, 3.63) is 29.8 Å². The molecule has 2 aliphatic rings. The first-order valence-corrected chi connectivity index (χ1v) is 13.1. The summed E-state index contributed by atoms with van der Waals surface area (Å²) >= 11 is 0. The smallest absolute Gasteiger partial charge is 0.246 e. The monoisotopic (exact) mass is 517 g/mol. The molecule has 1 aliphatic heterocycles. The van der Waals surface area contributed by atoms with E-state index in [0.717, 1.165) is 31.2 Å². The van der Waals surface area contributed by atoms with Gasteiger partial charge in [-0.05, 0) is 43.9 Å². The maximum Gasteiger partial charge on any atom is 0.246 e. The van der Waals surface area contributed by atoms with Gasteiger partial charge in [0.1, 0.15) is 30.5 Å². The molecule has 10 heteroatoms. The molecule has 1 saturated heterocycles. The topological polar surface area (TPSA) is 135 Å². The SMILES string of the molecule is CCOCC(=O)N[C@H](C)C(=O)N[C@@H](Cc1ccc(OC)cc1)C(=O)N[C@@H](CC1CCCC1)C(=O)[C@H]1CO1. The highest BCUT2D eigenvalue weighted by Gasteiger charge is 2.39. The Morgan fingerprint density at radius 2 is 1.65 bits per heavy atom. The van der Waals surface area contributed by atoms with E-state index < -0.39 is 42.0 Å². The zero-order valence-electron chi connectivity index (χ0n) is 21.9. The molecule has 1 aromatic rings. The fourth-order valence-electron chi connectivity index (χ4n) is 4.58. The Bertz CT molecular complexity index is 926. The molecule has 3 rings (SSSR count). The Labute approximate surface area is 218 Å². The molecule has 0 bridgehead atoms. The van der Waals surface area contributed by atoms with Gasteiger partial charge in [-0.2, -0.15) is 0 Å². The summed E-state index contributed by atoms with van der Waals surface area (Å²) in [6, 6.07) is 4.69. The van der Waals surface area contributed by atoms with Gasteiger partial charge in [0.05, 0.1) is 19.8 Å². The molecule has 1 aliphatic carbocycles. The average molecular weight is 518 g/mol. The van der Waals surface area contributed by atoms with Gasteiger partial charge in [-0.3, -0.25) is 19.2 Å². The van der Waals surface area contributed by atoms with Crippen LogP contribution in [0.3, 0.4) is 0 Å². The van der Waals surface area contributed by atoms with E-state index in [9.17, 15) is 19.2 Å². The van der Waals surface area contributed by atoms with E-state index in [0.29, 0.717) is 31.3 Å². The van der Waals surface area contributed by atoms with E-state index in [4.69, 9.17) is 14.2 Å². The van der Waals surface area contributed by atoms with E-state index in [2.05, 4.69) is 16.0 Å². The maximum absolute atomic E-state index is 13.5. The summed E-state index contributed by atoms with van der Waals surface area (Å²) < 4.78 is 15.5. The highest BCUT2D eigenvalue weighted by atomic mass is 16.6. The molecule has 1 aromatic carbocycles. The maximum atomic E-state index is 13.5. The summed E-state index contributed by atoms with van der Waals surface area (Å²) in [5, 5.41) is 8.24. The summed E-state index contributed by atoms with van der Waals surface area (Å²) in [6.45, 7) is 3.91. The van der Waals surface area contributed by atoms with E-state index in [-0.39, 0.29) is 18.8 Å². The van der Waals surface area contributed by atoms with Crippen molar-refractivity contribution in [3.63, 3.8) is 0 Å². The Balaban J connectivity index is 1.71. The number of ether oxygens (including phenoxy) is 3. The van der Waals surface area contributed by atoms with Crippen molar-refractivity contribution >= 4 is 23.5 Å². The van der Waals surface area contributed by atoms with Crippen LogP contribution in [0, 0.1) is 5.92 Å². The third-order valence-electron chi connectivity index (χ3n) is 6.79. The standard InChI is InChI=1S/C27H39N3O7/c1-4-36-16-24(31)28-17(2)26(33)30-22(14-19-9-11-20(35-3)12-10-19)27(34)29-21(25(32)23-15-37-23)13-18-7-5-6-8-18/h9-12,17-18,21-23H,4-8,13-16H2,1-3H3,(H,28,31)(H,29,34)(H,30,33)/t17-,21+,22+,23-/m1/s1. The van der Waals surface area contributed by atoms with E-state index >= 15 is 0 Å². The Kier molecular flexibility index (Phi) is 10.9. The fraction of sp³-hybridized carbons (Fsp3) is 0.630. The Morgan fingerprint density at radius 1 is 1.00 bits per heavy atom. The van der Waals surface area contributed by atoms with Crippen molar-refractivity contribution in [3.8, 4) is 5.75 Å². The van der Waals surface area contributed by atoms with Gasteiger partial charge in [0, 0.05) is 13.0 Å². The van der Waals surface area contributed by atoms with Gasteiger partial charge in [-0.1, -0.05) is 37.8 Å². The van der Waals surface area contributed by atoms with E-state index in [1.165, 1.54) is 0 Å². The van der Waals surface area contributed by atoms with Gasteiger partial charge in [0.25, 0.3) is 0 Å². The second-order valence-corrected chi connectivity index (χ2v) is 9.71. The van der Waals surface area contributed by atoms with Gasteiger partial charge in [0.15, 0.2) is 5.78 Å². The molecule has 0 spiro atoms. The van der Waals surface area contributed by atoms with Gasteiger partial charge >= 0.3 is 0 Å². The van der Waals surface area contributed by atoms with E-state index in [1.54, 1.807) is 33.1 Å². The van der Waals surface area contributed by atoms with E-state index in [1.807, 2.05) is 12.1 Å². The van der Waals surface area contributed by atoms with Crippen LogP contribution in [-0.4, -0.2) is 74.7 Å². The van der Waals surface area contributed by atoms with Crippen molar-refractivity contribution < 1.29 is 33.4 Å². The number of benzene rings is 1. The summed E-state index contributed by atoms with van der Waals surface area (Å²) in [6.07, 6.45) is 4.63. The molecule has 1 saturated carbocycles. The number of nitrogens with one attached hydrogen (secondary N) is 3. The van der Waals surface area contributed by atoms with Crippen molar-refractivity contribution in [2.45, 2.75) is 76.6 Å². The third kappa shape index (κ3) is 9.12. The molecule has 4 atom stereocenters. The molecule has 10 nitrogen and oxygen atoms in total. The predicted molar refractivity (Wildman–Crippen MR) is 136 cm³/mol. The zero-order chi connectivity index (χ0) is 26.8. The van der Waals surface area contributed by atoms with Crippen molar-refractivity contribution in [1.82, 2.24) is 16.0 Å². The van der Waals surface area contributed by atoms with Crippen molar-refractivity contribution in [1.29, 1.82) is 0 Å². The van der Waals surface area contributed by atoms with Crippen molar-refractivity contribution in [2.24, 2.45) is 5.92 Å². The molecule has 0 unspecified atom stereocenters. The normalized spacial score (nSPS) is 19.4. The minimum Gasteiger partial charge on any atom is -0.497 e. The number of hydrogen-bond donors (Lipinski definition) is 3. The van der Waals surface area contributed by atoms with Crippen LogP contribution in [-0.2, 0) is 35.1 Å². The first kappa shape index (κ1) is 28.6. The van der Waals surface area contributed by atoms with Gasteiger partial charge in [-0.25, -0.2) is 0 Å². The van der Waals surface area contributed by atoms with Crippen LogP contribution in [0.2, 0.25) is 0 Å². The summed E-state index contributed by atoms with van der Waals surface area (Å²) in [5.41, 5.74) is 0.804. The lowest BCUT2D eigenvalue weighted by Gasteiger charge is -2.25. The fourth-order valence-corrected chi connectivity index (χ4v) is 4.58. The van der Waals surface area contributed by atoms with Crippen LogP contribution in [0.5, 0.6) is 5.75 Å². The quantitative estimate of drug-likeness (QED) is 0.298. The largest absolute Gasteiger partial charge is 0.497 e. The number of Topliss-reactive ketones (excluding diaryl/α,β-unsaturated/α-hetero) is 1. The molecule has 2 fully saturated rings. The lowest BCUT2D eigenvalue weighted by atomic mass is 9.94. The summed E-state index contributed by atoms with van der Waals surface area (Å²) in [7, 11) is 1.57. The summed E-state index contributed by atoms with van der Waals surface area (Å²) in [4.78, 5) is 51.3. The number of hydrogen-bond acceptors (Lipinski definition) is 7. The summed E-state index contributed by atoms with van der Waals surface area (Å²) in [5.74, 6) is -0.454. The van der Waals surface area contributed by atoms with Crippen LogP contribution in [0.4, 0.5) is 0 Å². The lowest BCUT2D eigenvalue weighted by molar-refractivity contribution is -0.134. The average Bonchev–Trinajstić information content (AvgIpc) is 3.62. The third-order valence-corrected chi connectivity index (χ3v) is 6.79.